The number of hydrogen-bond acceptors (Lipinski definition) is 5. The van der Waals surface area contributed by atoms with E-state index in [-0.39, 0.29) is 24.7 Å². The second-order valence-electron chi connectivity index (χ2n) is 7.54. The fourth-order valence-corrected chi connectivity index (χ4v) is 3.43. The molecular weight excluding hydrogens is 408 g/mol. The molecule has 8 nitrogen and oxygen atoms in total. The van der Waals surface area contributed by atoms with Gasteiger partial charge in [-0.25, -0.2) is 0 Å². The second kappa shape index (κ2) is 9.38. The lowest BCUT2D eigenvalue weighted by molar-refractivity contribution is -0.128. The van der Waals surface area contributed by atoms with Crippen LogP contribution in [0.3, 0.4) is 0 Å². The van der Waals surface area contributed by atoms with Gasteiger partial charge >= 0.3 is 0 Å². The van der Waals surface area contributed by atoms with Crippen LogP contribution in [0, 0.1) is 13.8 Å². The van der Waals surface area contributed by atoms with Crippen molar-refractivity contribution in [2.75, 3.05) is 0 Å². The molecule has 0 bridgehead atoms. The van der Waals surface area contributed by atoms with E-state index in [1.807, 2.05) is 50.2 Å². The first-order chi connectivity index (χ1) is 15.5. The number of rotatable bonds is 7. The van der Waals surface area contributed by atoms with Gasteiger partial charge in [0.1, 0.15) is 18.1 Å². The van der Waals surface area contributed by atoms with Crippen LogP contribution in [0.1, 0.15) is 28.1 Å². The summed E-state index contributed by atoms with van der Waals surface area (Å²) in [6.07, 6.45) is 2.11. The van der Waals surface area contributed by atoms with Crippen LogP contribution in [0.15, 0.2) is 59.3 Å². The number of amides is 2. The van der Waals surface area contributed by atoms with Gasteiger partial charge in [0.25, 0.3) is 0 Å². The van der Waals surface area contributed by atoms with E-state index in [9.17, 15) is 9.59 Å². The third kappa shape index (κ3) is 4.97. The molecule has 8 heteroatoms. The lowest BCUT2D eigenvalue weighted by Crippen LogP contribution is -2.43. The van der Waals surface area contributed by atoms with Gasteiger partial charge in [-0.2, -0.15) is 0 Å². The highest BCUT2D eigenvalue weighted by atomic mass is 16.5. The Balaban J connectivity index is 1.23. The molecule has 2 aromatic heterocycles. The number of nitrogens with one attached hydrogen (secondary N) is 3. The minimum Gasteiger partial charge on any atom is -0.489 e. The molecule has 3 N–H and O–H groups in total. The van der Waals surface area contributed by atoms with Crippen molar-refractivity contribution in [2.45, 2.75) is 33.3 Å². The summed E-state index contributed by atoms with van der Waals surface area (Å²) in [6.45, 7) is 4.08. The fourth-order valence-electron chi connectivity index (χ4n) is 3.43. The third-order valence-corrected chi connectivity index (χ3v) is 5.22. The van der Waals surface area contributed by atoms with Crippen LogP contribution in [0.2, 0.25) is 0 Å². The maximum atomic E-state index is 12.2. The highest BCUT2D eigenvalue weighted by Gasteiger charge is 2.11. The molecule has 0 fully saturated rings. The van der Waals surface area contributed by atoms with Crippen molar-refractivity contribution in [3.63, 3.8) is 0 Å². The van der Waals surface area contributed by atoms with Crippen molar-refractivity contribution >= 4 is 22.7 Å². The van der Waals surface area contributed by atoms with Gasteiger partial charge in [-0.15, -0.1) is 0 Å². The van der Waals surface area contributed by atoms with Crippen LogP contribution >= 0.6 is 0 Å². The Hall–Kier alpha value is -4.07. The van der Waals surface area contributed by atoms with Crippen molar-refractivity contribution in [1.82, 2.24) is 21.0 Å². The number of aromatic amines is 1. The van der Waals surface area contributed by atoms with Gasteiger partial charge < -0.3 is 14.2 Å². The first-order valence-corrected chi connectivity index (χ1v) is 10.3. The number of ether oxygens (including phenoxy) is 1. The number of para-hydroxylation sites is 1. The van der Waals surface area contributed by atoms with Crippen molar-refractivity contribution in [1.29, 1.82) is 0 Å². The lowest BCUT2D eigenvalue weighted by atomic mass is 10.1. The number of hydrazine groups is 1. The SMILES string of the molecule is Cc1noc(C)c1COc1ccc(CC(=O)NNC(=O)Cc2c[nH]c3ccccc23)cc1. The van der Waals surface area contributed by atoms with Crippen molar-refractivity contribution < 1.29 is 18.8 Å². The van der Waals surface area contributed by atoms with Crippen LogP contribution in [0.25, 0.3) is 10.9 Å². The Labute approximate surface area is 184 Å². The van der Waals surface area contributed by atoms with E-state index in [1.165, 1.54) is 0 Å². The number of aromatic nitrogens is 2. The molecule has 0 saturated carbocycles. The standard InChI is InChI=1S/C24H24N4O4/c1-15-21(16(2)32-28-15)14-31-19-9-7-17(8-10-19)11-23(29)26-27-24(30)12-18-13-25-22-6-4-3-5-20(18)22/h3-10,13,25H,11-12,14H2,1-2H3,(H,26,29)(H,27,30). The van der Waals surface area contributed by atoms with Gasteiger partial charge in [0, 0.05) is 17.1 Å². The lowest BCUT2D eigenvalue weighted by Gasteiger charge is -2.09. The number of hydrogen-bond donors (Lipinski definition) is 3. The number of H-pyrrole nitrogens is 1. The molecule has 0 aliphatic carbocycles. The zero-order valence-electron chi connectivity index (χ0n) is 17.9. The van der Waals surface area contributed by atoms with E-state index in [0.29, 0.717) is 12.4 Å². The number of fused-ring (bicyclic) bond motifs is 1. The van der Waals surface area contributed by atoms with E-state index in [0.717, 1.165) is 39.0 Å². The molecule has 164 valence electrons. The average molecular weight is 432 g/mol. The summed E-state index contributed by atoms with van der Waals surface area (Å²) in [5.74, 6) is 0.830. The first kappa shape index (κ1) is 21.2. The Kier molecular flexibility index (Phi) is 6.21. The molecule has 0 atom stereocenters. The maximum Gasteiger partial charge on any atom is 0.242 e. The number of benzene rings is 2. The molecule has 0 unspecified atom stereocenters. The molecule has 0 spiro atoms. The predicted molar refractivity (Wildman–Crippen MR) is 119 cm³/mol. The van der Waals surface area contributed by atoms with Gasteiger partial charge in [0.15, 0.2) is 0 Å². The van der Waals surface area contributed by atoms with Gasteiger partial charge in [-0.3, -0.25) is 20.4 Å². The zero-order chi connectivity index (χ0) is 22.5. The number of nitrogens with zero attached hydrogens (tertiary/aromatic N) is 1. The van der Waals surface area contributed by atoms with Gasteiger partial charge in [-0.05, 0) is 43.2 Å². The molecule has 2 aromatic carbocycles. The van der Waals surface area contributed by atoms with Crippen LogP contribution < -0.4 is 15.6 Å². The van der Waals surface area contributed by atoms with E-state index < -0.39 is 0 Å². The van der Waals surface area contributed by atoms with Crippen LogP contribution in [-0.4, -0.2) is 22.0 Å². The quantitative estimate of drug-likeness (QED) is 0.388. The minimum absolute atomic E-state index is 0.136. The number of aryl methyl sites for hydroxylation is 2. The monoisotopic (exact) mass is 432 g/mol. The van der Waals surface area contributed by atoms with E-state index in [4.69, 9.17) is 9.26 Å². The summed E-state index contributed by atoms with van der Waals surface area (Å²) in [5, 5.41) is 4.90. The van der Waals surface area contributed by atoms with Gasteiger partial charge in [-0.1, -0.05) is 35.5 Å². The number of carbonyl (C=O) groups excluding carboxylic acids is 2. The van der Waals surface area contributed by atoms with Crippen LogP contribution in [-0.2, 0) is 29.0 Å². The summed E-state index contributed by atoms with van der Waals surface area (Å²) in [4.78, 5) is 27.5. The normalized spacial score (nSPS) is 10.8. The Morgan fingerprint density at radius 3 is 2.44 bits per heavy atom. The Morgan fingerprint density at radius 2 is 1.72 bits per heavy atom. The van der Waals surface area contributed by atoms with Crippen LogP contribution in [0.4, 0.5) is 0 Å². The molecule has 0 saturated heterocycles. The van der Waals surface area contributed by atoms with E-state index in [1.54, 1.807) is 18.3 Å². The molecule has 0 radical (unpaired) electrons. The Morgan fingerprint density at radius 1 is 1.00 bits per heavy atom. The summed E-state index contributed by atoms with van der Waals surface area (Å²) >= 11 is 0. The minimum atomic E-state index is -0.304. The fraction of sp³-hybridized carbons (Fsp3) is 0.208. The Bertz CT molecular complexity index is 1220. The number of carbonyl (C=O) groups is 2. The van der Waals surface area contributed by atoms with Crippen molar-refractivity contribution in [2.24, 2.45) is 0 Å². The topological polar surface area (TPSA) is 109 Å². The van der Waals surface area contributed by atoms with Gasteiger partial charge in [0.2, 0.25) is 11.8 Å². The highest BCUT2D eigenvalue weighted by molar-refractivity contribution is 5.90. The highest BCUT2D eigenvalue weighted by Crippen LogP contribution is 2.19. The summed E-state index contributed by atoms with van der Waals surface area (Å²) < 4.78 is 10.9. The molecular formula is C24H24N4O4. The summed E-state index contributed by atoms with van der Waals surface area (Å²) in [5.41, 5.74) is 9.32. The van der Waals surface area contributed by atoms with Crippen molar-refractivity contribution in [3.8, 4) is 5.75 Å². The summed E-state index contributed by atoms with van der Waals surface area (Å²) in [6, 6.07) is 15.0. The smallest absolute Gasteiger partial charge is 0.242 e. The average Bonchev–Trinajstić information content (AvgIpc) is 3.34. The molecule has 0 aliphatic heterocycles. The molecule has 32 heavy (non-hydrogen) atoms. The second-order valence-corrected chi connectivity index (χ2v) is 7.54. The van der Waals surface area contributed by atoms with Crippen LogP contribution in [0.5, 0.6) is 5.75 Å². The molecule has 0 aliphatic rings. The third-order valence-electron chi connectivity index (χ3n) is 5.22. The first-order valence-electron chi connectivity index (χ1n) is 10.3. The largest absolute Gasteiger partial charge is 0.489 e. The van der Waals surface area contributed by atoms with Gasteiger partial charge in [0.05, 0.1) is 24.1 Å². The molecule has 4 rings (SSSR count). The summed E-state index contributed by atoms with van der Waals surface area (Å²) in [7, 11) is 0. The van der Waals surface area contributed by atoms with Crippen molar-refractivity contribution in [3.05, 3.63) is 82.9 Å². The van der Waals surface area contributed by atoms with E-state index >= 15 is 0 Å². The molecule has 2 amide bonds. The molecule has 2 heterocycles. The van der Waals surface area contributed by atoms with E-state index in [2.05, 4.69) is 21.0 Å². The zero-order valence-corrected chi connectivity index (χ0v) is 17.9. The molecule has 4 aromatic rings. The predicted octanol–water partition coefficient (Wildman–Crippen LogP) is 3.28. The maximum absolute atomic E-state index is 12.2.